The van der Waals surface area contributed by atoms with Gasteiger partial charge in [-0.2, -0.15) is 0 Å². The molecule has 0 aliphatic carbocycles. The van der Waals surface area contributed by atoms with Crippen molar-refractivity contribution in [3.63, 3.8) is 0 Å². The van der Waals surface area contributed by atoms with Gasteiger partial charge in [-0.3, -0.25) is 9.69 Å². The van der Waals surface area contributed by atoms with Gasteiger partial charge in [-0.1, -0.05) is 13.8 Å². The SMILES string of the molecule is COCCCNC(=O)CN1CC(C)CC(C)C1. The summed E-state index contributed by atoms with van der Waals surface area (Å²) in [7, 11) is 1.68. The van der Waals surface area contributed by atoms with E-state index in [4.69, 9.17) is 4.74 Å². The molecule has 17 heavy (non-hydrogen) atoms. The van der Waals surface area contributed by atoms with Crippen LogP contribution in [0, 0.1) is 11.8 Å². The summed E-state index contributed by atoms with van der Waals surface area (Å²) in [5.74, 6) is 1.56. The first-order chi connectivity index (χ1) is 8.11. The summed E-state index contributed by atoms with van der Waals surface area (Å²) < 4.78 is 4.94. The molecule has 2 unspecified atom stereocenters. The number of methoxy groups -OCH3 is 1. The highest BCUT2D eigenvalue weighted by molar-refractivity contribution is 5.77. The highest BCUT2D eigenvalue weighted by Crippen LogP contribution is 2.20. The molecule has 2 atom stereocenters. The van der Waals surface area contributed by atoms with Crippen molar-refractivity contribution >= 4 is 5.91 Å². The van der Waals surface area contributed by atoms with Gasteiger partial charge in [0.2, 0.25) is 5.91 Å². The van der Waals surface area contributed by atoms with Crippen molar-refractivity contribution in [3.8, 4) is 0 Å². The van der Waals surface area contributed by atoms with Crippen LogP contribution in [0.25, 0.3) is 0 Å². The maximum absolute atomic E-state index is 11.7. The number of likely N-dealkylation sites (tertiary alicyclic amines) is 1. The quantitative estimate of drug-likeness (QED) is 0.710. The predicted molar refractivity (Wildman–Crippen MR) is 68.9 cm³/mol. The largest absolute Gasteiger partial charge is 0.385 e. The number of rotatable bonds is 6. The normalized spacial score (nSPS) is 25.8. The zero-order valence-corrected chi connectivity index (χ0v) is 11.4. The van der Waals surface area contributed by atoms with E-state index in [1.165, 1.54) is 6.42 Å². The molecule has 1 heterocycles. The Hall–Kier alpha value is -0.610. The van der Waals surface area contributed by atoms with Gasteiger partial charge in [0, 0.05) is 33.4 Å². The first-order valence-corrected chi connectivity index (χ1v) is 6.59. The maximum Gasteiger partial charge on any atom is 0.234 e. The van der Waals surface area contributed by atoms with Gasteiger partial charge in [-0.15, -0.1) is 0 Å². The van der Waals surface area contributed by atoms with Crippen molar-refractivity contribution in [2.75, 3.05) is 39.9 Å². The Bertz CT molecular complexity index is 223. The molecular formula is C13H26N2O2. The smallest absolute Gasteiger partial charge is 0.234 e. The number of piperidine rings is 1. The molecule has 0 bridgehead atoms. The Morgan fingerprint density at radius 3 is 2.59 bits per heavy atom. The van der Waals surface area contributed by atoms with Crippen LogP contribution >= 0.6 is 0 Å². The second-order valence-electron chi connectivity index (χ2n) is 5.34. The molecule has 0 aromatic rings. The zero-order valence-electron chi connectivity index (χ0n) is 11.4. The summed E-state index contributed by atoms with van der Waals surface area (Å²) in [6.07, 6.45) is 2.17. The number of ether oxygens (including phenoxy) is 1. The number of nitrogens with zero attached hydrogens (tertiary/aromatic N) is 1. The van der Waals surface area contributed by atoms with Gasteiger partial charge in [0.1, 0.15) is 0 Å². The van der Waals surface area contributed by atoms with Crippen molar-refractivity contribution in [1.82, 2.24) is 10.2 Å². The molecule has 1 amide bonds. The maximum atomic E-state index is 11.7. The summed E-state index contributed by atoms with van der Waals surface area (Å²) >= 11 is 0. The van der Waals surface area contributed by atoms with E-state index in [2.05, 4.69) is 24.1 Å². The van der Waals surface area contributed by atoms with Crippen molar-refractivity contribution < 1.29 is 9.53 Å². The highest BCUT2D eigenvalue weighted by Gasteiger charge is 2.22. The summed E-state index contributed by atoms with van der Waals surface area (Å²) in [4.78, 5) is 14.0. The van der Waals surface area contributed by atoms with Crippen LogP contribution < -0.4 is 5.32 Å². The lowest BCUT2D eigenvalue weighted by molar-refractivity contribution is -0.122. The molecule has 100 valence electrons. The first-order valence-electron chi connectivity index (χ1n) is 6.59. The number of carbonyl (C=O) groups is 1. The van der Waals surface area contributed by atoms with Gasteiger partial charge in [-0.25, -0.2) is 0 Å². The summed E-state index contributed by atoms with van der Waals surface area (Å²) in [5.41, 5.74) is 0. The lowest BCUT2D eigenvalue weighted by atomic mass is 9.92. The highest BCUT2D eigenvalue weighted by atomic mass is 16.5. The predicted octanol–water partition coefficient (Wildman–Crippen LogP) is 1.12. The van der Waals surface area contributed by atoms with E-state index in [0.29, 0.717) is 31.5 Å². The zero-order chi connectivity index (χ0) is 12.7. The van der Waals surface area contributed by atoms with Gasteiger partial charge >= 0.3 is 0 Å². The van der Waals surface area contributed by atoms with Gasteiger partial charge in [0.15, 0.2) is 0 Å². The van der Waals surface area contributed by atoms with Crippen LogP contribution in [0.3, 0.4) is 0 Å². The van der Waals surface area contributed by atoms with E-state index >= 15 is 0 Å². The average Bonchev–Trinajstić information content (AvgIpc) is 2.23. The minimum atomic E-state index is 0.141. The fourth-order valence-electron chi connectivity index (χ4n) is 2.62. The van der Waals surface area contributed by atoms with Crippen LogP contribution in [0.2, 0.25) is 0 Å². The third-order valence-electron chi connectivity index (χ3n) is 3.16. The van der Waals surface area contributed by atoms with E-state index in [1.54, 1.807) is 7.11 Å². The molecule has 0 spiro atoms. The first kappa shape index (κ1) is 14.5. The molecule has 0 aromatic heterocycles. The van der Waals surface area contributed by atoms with Crippen LogP contribution in [0.4, 0.5) is 0 Å². The number of hydrogen-bond donors (Lipinski definition) is 1. The van der Waals surface area contributed by atoms with E-state index < -0.39 is 0 Å². The Labute approximate surface area is 105 Å². The van der Waals surface area contributed by atoms with Crippen LogP contribution in [-0.2, 0) is 9.53 Å². The Balaban J connectivity index is 2.16. The fourth-order valence-corrected chi connectivity index (χ4v) is 2.62. The minimum Gasteiger partial charge on any atom is -0.385 e. The molecule has 1 N–H and O–H groups in total. The monoisotopic (exact) mass is 242 g/mol. The van der Waals surface area contributed by atoms with E-state index in [1.807, 2.05) is 0 Å². The van der Waals surface area contributed by atoms with Gasteiger partial charge < -0.3 is 10.1 Å². The van der Waals surface area contributed by atoms with Gasteiger partial charge in [-0.05, 0) is 24.7 Å². The van der Waals surface area contributed by atoms with E-state index in [-0.39, 0.29) is 5.91 Å². The summed E-state index contributed by atoms with van der Waals surface area (Å²) in [6, 6.07) is 0. The fraction of sp³-hybridized carbons (Fsp3) is 0.923. The average molecular weight is 242 g/mol. The Morgan fingerprint density at radius 2 is 2.00 bits per heavy atom. The molecule has 0 aromatic carbocycles. The number of hydrogen-bond acceptors (Lipinski definition) is 3. The molecule has 4 nitrogen and oxygen atoms in total. The molecule has 1 rings (SSSR count). The molecule has 1 aliphatic rings. The standard InChI is InChI=1S/C13H26N2O2/c1-11-7-12(2)9-15(8-11)10-13(16)14-5-4-6-17-3/h11-12H,4-10H2,1-3H3,(H,14,16). The molecule has 0 saturated carbocycles. The molecule has 0 radical (unpaired) electrons. The van der Waals surface area contributed by atoms with Crippen molar-refractivity contribution in [2.24, 2.45) is 11.8 Å². The van der Waals surface area contributed by atoms with Crippen LogP contribution in [-0.4, -0.2) is 50.7 Å². The molecule has 1 saturated heterocycles. The van der Waals surface area contributed by atoms with Crippen LogP contribution in [0.1, 0.15) is 26.7 Å². The Kier molecular flexibility index (Phi) is 6.52. The number of amides is 1. The van der Waals surface area contributed by atoms with Crippen LogP contribution in [0.15, 0.2) is 0 Å². The third-order valence-corrected chi connectivity index (χ3v) is 3.16. The second-order valence-corrected chi connectivity index (χ2v) is 5.34. The van der Waals surface area contributed by atoms with Crippen molar-refractivity contribution in [2.45, 2.75) is 26.7 Å². The van der Waals surface area contributed by atoms with Gasteiger partial charge in [0.05, 0.1) is 6.54 Å². The number of nitrogens with one attached hydrogen (secondary N) is 1. The lowest BCUT2D eigenvalue weighted by Crippen LogP contribution is -2.44. The minimum absolute atomic E-state index is 0.141. The molecule has 1 fully saturated rings. The second kappa shape index (κ2) is 7.67. The molecular weight excluding hydrogens is 216 g/mol. The van der Waals surface area contributed by atoms with Crippen LogP contribution in [0.5, 0.6) is 0 Å². The van der Waals surface area contributed by atoms with Gasteiger partial charge in [0.25, 0.3) is 0 Å². The Morgan fingerprint density at radius 1 is 1.35 bits per heavy atom. The topological polar surface area (TPSA) is 41.6 Å². The number of carbonyl (C=O) groups excluding carboxylic acids is 1. The lowest BCUT2D eigenvalue weighted by Gasteiger charge is -2.34. The van der Waals surface area contributed by atoms with E-state index in [0.717, 1.165) is 19.5 Å². The molecule has 4 heteroatoms. The van der Waals surface area contributed by atoms with E-state index in [9.17, 15) is 4.79 Å². The summed E-state index contributed by atoms with van der Waals surface area (Å²) in [6.45, 7) is 8.59. The van der Waals surface area contributed by atoms with Crippen molar-refractivity contribution in [3.05, 3.63) is 0 Å². The summed E-state index contributed by atoms with van der Waals surface area (Å²) in [5, 5.41) is 2.93. The molecule has 1 aliphatic heterocycles. The van der Waals surface area contributed by atoms with Crippen molar-refractivity contribution in [1.29, 1.82) is 0 Å². The third kappa shape index (κ3) is 6.03.